The molecule has 132 valence electrons. The standard InChI is InChI=1S/C21H18ClNO3/c1-12(24)23-11-16-8-14(18-10-19(18)21(25)26)4-2-13(16)3-5-15-9-17(22)6-7-20(15)23/h2-9,18-19H,10-11H2,1H3,(H,25,26)/b5-3-/t18-,19-/m0/s1. The van der Waals surface area contributed by atoms with Crippen LogP contribution in [-0.2, 0) is 16.1 Å². The predicted octanol–water partition coefficient (Wildman–Crippen LogP) is 4.57. The summed E-state index contributed by atoms with van der Waals surface area (Å²) >= 11 is 6.11. The second kappa shape index (κ2) is 6.29. The maximum atomic E-state index is 12.3. The second-order valence-electron chi connectivity index (χ2n) is 6.89. The van der Waals surface area contributed by atoms with Crippen molar-refractivity contribution in [1.82, 2.24) is 0 Å². The number of carbonyl (C=O) groups excluding carboxylic acids is 1. The molecule has 2 atom stereocenters. The summed E-state index contributed by atoms with van der Waals surface area (Å²) in [4.78, 5) is 25.2. The van der Waals surface area contributed by atoms with Crippen LogP contribution in [0, 0.1) is 5.92 Å². The van der Waals surface area contributed by atoms with Gasteiger partial charge in [0.15, 0.2) is 0 Å². The van der Waals surface area contributed by atoms with E-state index < -0.39 is 5.97 Å². The quantitative estimate of drug-likeness (QED) is 0.846. The van der Waals surface area contributed by atoms with Crippen LogP contribution in [0.5, 0.6) is 0 Å². The van der Waals surface area contributed by atoms with Crippen LogP contribution in [0.15, 0.2) is 36.4 Å². The van der Waals surface area contributed by atoms with E-state index >= 15 is 0 Å². The van der Waals surface area contributed by atoms with Crippen molar-refractivity contribution in [2.75, 3.05) is 4.90 Å². The minimum absolute atomic E-state index is 0.0462. The molecule has 4 rings (SSSR count). The van der Waals surface area contributed by atoms with Gasteiger partial charge in [0.05, 0.1) is 18.2 Å². The van der Waals surface area contributed by atoms with E-state index in [0.717, 1.165) is 27.9 Å². The van der Waals surface area contributed by atoms with E-state index in [1.54, 1.807) is 17.9 Å². The van der Waals surface area contributed by atoms with Crippen LogP contribution >= 0.6 is 11.6 Å². The number of rotatable bonds is 2. The lowest BCUT2D eigenvalue weighted by atomic mass is 9.97. The first-order valence-corrected chi connectivity index (χ1v) is 8.93. The van der Waals surface area contributed by atoms with Crippen molar-refractivity contribution in [2.24, 2.45) is 5.92 Å². The summed E-state index contributed by atoms with van der Waals surface area (Å²) in [6.07, 6.45) is 4.67. The van der Waals surface area contributed by atoms with Crippen molar-refractivity contribution in [3.63, 3.8) is 0 Å². The highest BCUT2D eigenvalue weighted by Gasteiger charge is 2.44. The van der Waals surface area contributed by atoms with Crippen LogP contribution in [-0.4, -0.2) is 17.0 Å². The van der Waals surface area contributed by atoms with Crippen molar-refractivity contribution < 1.29 is 14.7 Å². The van der Waals surface area contributed by atoms with Gasteiger partial charge in [-0.15, -0.1) is 0 Å². The first-order valence-electron chi connectivity index (χ1n) is 8.55. The topological polar surface area (TPSA) is 57.6 Å². The molecule has 5 heteroatoms. The molecule has 0 bridgehead atoms. The molecule has 0 spiro atoms. The van der Waals surface area contributed by atoms with Gasteiger partial charge in [-0.3, -0.25) is 9.59 Å². The van der Waals surface area contributed by atoms with Crippen LogP contribution in [0.2, 0.25) is 5.02 Å². The zero-order chi connectivity index (χ0) is 18.4. The van der Waals surface area contributed by atoms with E-state index in [1.165, 1.54) is 0 Å². The minimum atomic E-state index is -0.738. The Kier molecular flexibility index (Phi) is 4.08. The highest BCUT2D eigenvalue weighted by atomic mass is 35.5. The van der Waals surface area contributed by atoms with Crippen molar-refractivity contribution in [3.8, 4) is 0 Å². The van der Waals surface area contributed by atoms with Gasteiger partial charge >= 0.3 is 5.97 Å². The van der Waals surface area contributed by atoms with Crippen LogP contribution < -0.4 is 4.90 Å². The lowest BCUT2D eigenvalue weighted by Gasteiger charge is -2.26. The number of hydrogen-bond donors (Lipinski definition) is 1. The Labute approximate surface area is 156 Å². The SMILES string of the molecule is CC(=O)N1Cc2cc([C@@H]3C[C@@H]3C(=O)O)ccc2/C=C\c2cc(Cl)ccc21. The van der Waals surface area contributed by atoms with Gasteiger partial charge in [-0.1, -0.05) is 42.0 Å². The maximum absolute atomic E-state index is 12.3. The van der Waals surface area contributed by atoms with Gasteiger partial charge in [-0.05, 0) is 52.8 Å². The number of hydrogen-bond acceptors (Lipinski definition) is 2. The van der Waals surface area contributed by atoms with Gasteiger partial charge in [-0.2, -0.15) is 0 Å². The third kappa shape index (κ3) is 3.01. The van der Waals surface area contributed by atoms with Gasteiger partial charge in [0.2, 0.25) is 5.91 Å². The second-order valence-corrected chi connectivity index (χ2v) is 7.32. The molecule has 0 radical (unpaired) electrons. The fourth-order valence-electron chi connectivity index (χ4n) is 3.61. The van der Waals surface area contributed by atoms with Gasteiger partial charge in [0, 0.05) is 11.9 Å². The minimum Gasteiger partial charge on any atom is -0.481 e. The monoisotopic (exact) mass is 367 g/mol. The number of halogens is 1. The Morgan fingerprint density at radius 1 is 1.12 bits per heavy atom. The molecule has 0 aromatic heterocycles. The highest BCUT2D eigenvalue weighted by Crippen LogP contribution is 2.48. The molecule has 0 unspecified atom stereocenters. The van der Waals surface area contributed by atoms with Crippen LogP contribution in [0.25, 0.3) is 12.2 Å². The smallest absolute Gasteiger partial charge is 0.307 e. The summed E-state index contributed by atoms with van der Waals surface area (Å²) in [6.45, 7) is 2.00. The Morgan fingerprint density at radius 3 is 2.58 bits per heavy atom. The third-order valence-electron chi connectivity index (χ3n) is 5.13. The molecule has 1 aliphatic heterocycles. The summed E-state index contributed by atoms with van der Waals surface area (Å²) in [5.41, 5.74) is 4.80. The van der Waals surface area contributed by atoms with Gasteiger partial charge in [-0.25, -0.2) is 0 Å². The van der Waals surface area contributed by atoms with Crippen molar-refractivity contribution >= 4 is 41.3 Å². The molecule has 1 N–H and O–H groups in total. The van der Waals surface area contributed by atoms with Crippen LogP contribution in [0.3, 0.4) is 0 Å². The molecular weight excluding hydrogens is 350 g/mol. The van der Waals surface area contributed by atoms with E-state index in [4.69, 9.17) is 11.6 Å². The van der Waals surface area contributed by atoms with Gasteiger partial charge < -0.3 is 10.0 Å². The molecule has 1 aliphatic carbocycles. The normalized spacial score (nSPS) is 21.8. The average molecular weight is 368 g/mol. The number of anilines is 1. The molecule has 0 saturated heterocycles. The Bertz CT molecular complexity index is 950. The lowest BCUT2D eigenvalue weighted by molar-refractivity contribution is -0.138. The van der Waals surface area contributed by atoms with Gasteiger partial charge in [0.1, 0.15) is 0 Å². The number of nitrogens with zero attached hydrogens (tertiary/aromatic N) is 1. The summed E-state index contributed by atoms with van der Waals surface area (Å²) in [5, 5.41) is 9.80. The molecule has 1 saturated carbocycles. The highest BCUT2D eigenvalue weighted by molar-refractivity contribution is 6.30. The molecule has 4 nitrogen and oxygen atoms in total. The Morgan fingerprint density at radius 2 is 1.88 bits per heavy atom. The number of carboxylic acids is 1. The fraction of sp³-hybridized carbons (Fsp3) is 0.238. The molecule has 1 fully saturated rings. The predicted molar refractivity (Wildman–Crippen MR) is 102 cm³/mol. The number of benzene rings is 2. The lowest BCUT2D eigenvalue weighted by Crippen LogP contribution is -2.29. The summed E-state index contributed by atoms with van der Waals surface area (Å²) in [5.74, 6) is -0.999. The van der Waals surface area contributed by atoms with Gasteiger partial charge in [0.25, 0.3) is 0 Å². The molecule has 26 heavy (non-hydrogen) atoms. The molecule has 2 aliphatic rings. The van der Waals surface area contributed by atoms with Crippen molar-refractivity contribution in [3.05, 3.63) is 63.7 Å². The number of amides is 1. The van der Waals surface area contributed by atoms with E-state index in [9.17, 15) is 14.7 Å². The summed E-state index contributed by atoms with van der Waals surface area (Å²) in [6, 6.07) is 11.5. The summed E-state index contributed by atoms with van der Waals surface area (Å²) in [7, 11) is 0. The van der Waals surface area contributed by atoms with Crippen LogP contribution in [0.1, 0.15) is 41.5 Å². The zero-order valence-electron chi connectivity index (χ0n) is 14.3. The Hall–Kier alpha value is -2.59. The summed E-state index contributed by atoms with van der Waals surface area (Å²) < 4.78 is 0. The number of carboxylic acid groups (broad SMARTS) is 1. The van der Waals surface area contributed by atoms with E-state index in [2.05, 4.69) is 0 Å². The fourth-order valence-corrected chi connectivity index (χ4v) is 3.79. The van der Waals surface area contributed by atoms with Crippen LogP contribution in [0.4, 0.5) is 5.69 Å². The largest absolute Gasteiger partial charge is 0.481 e. The third-order valence-corrected chi connectivity index (χ3v) is 5.37. The average Bonchev–Trinajstić information content (AvgIpc) is 3.37. The van der Waals surface area contributed by atoms with E-state index in [0.29, 0.717) is 18.0 Å². The van der Waals surface area contributed by atoms with Crippen molar-refractivity contribution in [2.45, 2.75) is 25.8 Å². The zero-order valence-corrected chi connectivity index (χ0v) is 15.0. The van der Waals surface area contributed by atoms with Crippen molar-refractivity contribution in [1.29, 1.82) is 0 Å². The number of fused-ring (bicyclic) bond motifs is 2. The maximum Gasteiger partial charge on any atom is 0.307 e. The molecule has 1 heterocycles. The van der Waals surface area contributed by atoms with E-state index in [1.807, 2.05) is 42.5 Å². The molecular formula is C21H18ClNO3. The number of carbonyl (C=O) groups is 2. The van der Waals surface area contributed by atoms with E-state index in [-0.39, 0.29) is 17.7 Å². The molecule has 1 amide bonds. The molecule has 2 aromatic carbocycles. The first-order chi connectivity index (χ1) is 12.4. The first kappa shape index (κ1) is 16.9. The Balaban J connectivity index is 1.76. The number of aliphatic carboxylic acids is 1. The molecule has 2 aromatic rings.